The normalized spacial score (nSPS) is 11.2. The minimum Gasteiger partial charge on any atom is -0.421 e. The van der Waals surface area contributed by atoms with E-state index in [2.05, 4.69) is 20.8 Å². The minimum absolute atomic E-state index is 0.0726. The summed E-state index contributed by atoms with van der Waals surface area (Å²) in [5.41, 5.74) is -1.12. The Morgan fingerprint density at radius 1 is 1.09 bits per heavy atom. The molecule has 3 rings (SSSR count). The summed E-state index contributed by atoms with van der Waals surface area (Å²) in [6.45, 7) is 0.187. The molecule has 0 spiro atoms. The summed E-state index contributed by atoms with van der Waals surface area (Å²) < 4.78 is 43.7. The summed E-state index contributed by atoms with van der Waals surface area (Å²) in [6.07, 6.45) is -4.38. The molecule has 0 fully saturated rings. The Hall–Kier alpha value is -3.96. The zero-order valence-corrected chi connectivity index (χ0v) is 16.6. The molecule has 2 N–H and O–H groups in total. The van der Waals surface area contributed by atoms with E-state index < -0.39 is 22.4 Å². The van der Waals surface area contributed by atoms with Crippen molar-refractivity contribution in [1.82, 2.24) is 15.5 Å². The number of aryl methyl sites for hydroxylation is 1. The second-order valence-electron chi connectivity index (χ2n) is 6.63. The van der Waals surface area contributed by atoms with Gasteiger partial charge in [0.15, 0.2) is 0 Å². The van der Waals surface area contributed by atoms with Gasteiger partial charge in [-0.25, -0.2) is 0 Å². The third kappa shape index (κ3) is 6.03. The van der Waals surface area contributed by atoms with E-state index in [9.17, 15) is 28.1 Å². The molecule has 0 aliphatic rings. The molecular weight excluding hydrogens is 431 g/mol. The summed E-state index contributed by atoms with van der Waals surface area (Å²) >= 11 is 0. The van der Waals surface area contributed by atoms with Crippen LogP contribution in [0.2, 0.25) is 0 Å². The van der Waals surface area contributed by atoms with Gasteiger partial charge in [0, 0.05) is 37.6 Å². The molecule has 1 aromatic heterocycles. The first-order valence-corrected chi connectivity index (χ1v) is 9.48. The number of nitro benzene ring substituents is 1. The van der Waals surface area contributed by atoms with Crippen molar-refractivity contribution in [3.05, 3.63) is 70.1 Å². The molecular formula is C20H18F3N5O4. The number of carbonyl (C=O) groups excluding carboxylic acids is 1. The number of nitrogens with zero attached hydrogens (tertiary/aromatic N) is 3. The number of nitro groups is 1. The first-order chi connectivity index (χ1) is 15.2. The highest BCUT2D eigenvalue weighted by Crippen LogP contribution is 2.34. The van der Waals surface area contributed by atoms with Crippen molar-refractivity contribution in [2.45, 2.75) is 19.0 Å². The fourth-order valence-electron chi connectivity index (χ4n) is 2.77. The summed E-state index contributed by atoms with van der Waals surface area (Å²) in [5, 5.41) is 24.2. The van der Waals surface area contributed by atoms with Crippen LogP contribution in [0.15, 0.2) is 52.9 Å². The highest BCUT2D eigenvalue weighted by molar-refractivity contribution is 5.76. The topological polar surface area (TPSA) is 123 Å². The minimum atomic E-state index is -4.68. The quantitative estimate of drug-likeness (QED) is 0.289. The number of anilines is 1. The molecule has 2 aromatic carbocycles. The van der Waals surface area contributed by atoms with Crippen LogP contribution < -0.4 is 10.6 Å². The van der Waals surface area contributed by atoms with Crippen molar-refractivity contribution >= 4 is 17.3 Å². The monoisotopic (exact) mass is 449 g/mol. The van der Waals surface area contributed by atoms with Crippen LogP contribution in [0.25, 0.3) is 11.5 Å². The fourth-order valence-corrected chi connectivity index (χ4v) is 2.77. The number of nitrogens with one attached hydrogen (secondary N) is 2. The third-order valence-corrected chi connectivity index (χ3v) is 4.34. The maximum absolute atomic E-state index is 12.7. The van der Waals surface area contributed by atoms with E-state index in [-0.39, 0.29) is 37.5 Å². The largest absolute Gasteiger partial charge is 0.421 e. The van der Waals surface area contributed by atoms with Crippen molar-refractivity contribution in [1.29, 1.82) is 0 Å². The van der Waals surface area contributed by atoms with E-state index in [0.29, 0.717) is 17.8 Å². The zero-order valence-electron chi connectivity index (χ0n) is 16.6. The number of benzene rings is 2. The lowest BCUT2D eigenvalue weighted by molar-refractivity contribution is -0.384. The van der Waals surface area contributed by atoms with Crippen molar-refractivity contribution in [2.24, 2.45) is 0 Å². The first-order valence-electron chi connectivity index (χ1n) is 9.48. The summed E-state index contributed by atoms with van der Waals surface area (Å²) in [6, 6.07) is 11.4. The van der Waals surface area contributed by atoms with Crippen LogP contribution in [0, 0.1) is 10.1 Å². The van der Waals surface area contributed by atoms with Crippen LogP contribution >= 0.6 is 0 Å². The number of hydrogen-bond donors (Lipinski definition) is 2. The van der Waals surface area contributed by atoms with Crippen molar-refractivity contribution < 1.29 is 27.3 Å². The number of hydrogen-bond acceptors (Lipinski definition) is 7. The molecule has 0 unspecified atom stereocenters. The highest BCUT2D eigenvalue weighted by atomic mass is 19.4. The second-order valence-corrected chi connectivity index (χ2v) is 6.63. The van der Waals surface area contributed by atoms with Gasteiger partial charge < -0.3 is 15.1 Å². The van der Waals surface area contributed by atoms with Crippen molar-refractivity contribution in [2.75, 3.05) is 18.4 Å². The Bertz CT molecular complexity index is 1090. The molecule has 0 saturated carbocycles. The maximum atomic E-state index is 12.7. The van der Waals surface area contributed by atoms with Gasteiger partial charge in [-0.05, 0) is 24.3 Å². The molecule has 3 aromatic rings. The lowest BCUT2D eigenvalue weighted by atomic mass is 10.1. The number of amides is 1. The van der Waals surface area contributed by atoms with E-state index in [1.807, 2.05) is 30.3 Å². The zero-order chi connectivity index (χ0) is 23.1. The van der Waals surface area contributed by atoms with E-state index in [4.69, 9.17) is 4.42 Å². The smallest absolute Gasteiger partial charge is 0.416 e. The predicted octanol–water partition coefficient (Wildman–Crippen LogP) is 3.82. The standard InChI is InChI=1S/C20H18F3N5O4/c21-20(22,23)14-6-7-15(16(12-14)28(30)31)24-10-11-25-17(29)8-9-18-26-27-19(32-18)13-4-2-1-3-5-13/h1-7,12,24H,8-11H2,(H,25,29). The van der Waals surface area contributed by atoms with Crippen LogP contribution in [-0.4, -0.2) is 34.1 Å². The third-order valence-electron chi connectivity index (χ3n) is 4.34. The average Bonchev–Trinajstić information content (AvgIpc) is 3.24. The van der Waals surface area contributed by atoms with Crippen molar-refractivity contribution in [3.8, 4) is 11.5 Å². The first kappa shape index (κ1) is 22.7. The highest BCUT2D eigenvalue weighted by Gasteiger charge is 2.33. The Morgan fingerprint density at radius 3 is 2.53 bits per heavy atom. The SMILES string of the molecule is O=C(CCc1nnc(-c2ccccc2)o1)NCCNc1ccc(C(F)(F)F)cc1[N+](=O)[O-]. The van der Waals surface area contributed by atoms with E-state index in [1.165, 1.54) is 0 Å². The van der Waals surface area contributed by atoms with Crippen LogP contribution in [-0.2, 0) is 17.4 Å². The Balaban J connectivity index is 1.45. The van der Waals surface area contributed by atoms with Gasteiger partial charge >= 0.3 is 6.18 Å². The number of aromatic nitrogens is 2. The van der Waals surface area contributed by atoms with E-state index in [0.717, 1.165) is 17.7 Å². The van der Waals surface area contributed by atoms with Crippen LogP contribution in [0.1, 0.15) is 17.9 Å². The number of alkyl halides is 3. The molecule has 0 atom stereocenters. The molecule has 32 heavy (non-hydrogen) atoms. The van der Waals surface area contributed by atoms with Gasteiger partial charge in [0.1, 0.15) is 5.69 Å². The predicted molar refractivity (Wildman–Crippen MR) is 108 cm³/mol. The summed E-state index contributed by atoms with van der Waals surface area (Å²) in [7, 11) is 0. The van der Waals surface area contributed by atoms with E-state index in [1.54, 1.807) is 0 Å². The Morgan fingerprint density at radius 2 is 1.84 bits per heavy atom. The lowest BCUT2D eigenvalue weighted by Gasteiger charge is -2.11. The van der Waals surface area contributed by atoms with Gasteiger partial charge in [-0.1, -0.05) is 18.2 Å². The number of halogens is 3. The number of rotatable bonds is 9. The van der Waals surface area contributed by atoms with Gasteiger partial charge in [0.05, 0.1) is 10.5 Å². The Kier molecular flexibility index (Phi) is 7.03. The van der Waals surface area contributed by atoms with Gasteiger partial charge in [0.2, 0.25) is 17.7 Å². The van der Waals surface area contributed by atoms with Crippen LogP contribution in [0.5, 0.6) is 0 Å². The van der Waals surface area contributed by atoms with Crippen molar-refractivity contribution in [3.63, 3.8) is 0 Å². The van der Waals surface area contributed by atoms with Gasteiger partial charge in [0.25, 0.3) is 5.69 Å². The Labute approximate surface area is 179 Å². The molecule has 1 heterocycles. The molecule has 0 aliphatic carbocycles. The fraction of sp³-hybridized carbons (Fsp3) is 0.250. The van der Waals surface area contributed by atoms with Gasteiger partial charge in [-0.3, -0.25) is 14.9 Å². The average molecular weight is 449 g/mol. The molecule has 0 radical (unpaired) electrons. The van der Waals surface area contributed by atoms with Gasteiger partial charge in [-0.15, -0.1) is 10.2 Å². The maximum Gasteiger partial charge on any atom is 0.416 e. The number of carbonyl (C=O) groups is 1. The molecule has 9 nitrogen and oxygen atoms in total. The summed E-state index contributed by atoms with van der Waals surface area (Å²) in [5.74, 6) is 0.342. The van der Waals surface area contributed by atoms with Crippen LogP contribution in [0.3, 0.4) is 0 Å². The summed E-state index contributed by atoms with van der Waals surface area (Å²) in [4.78, 5) is 22.1. The molecule has 0 bridgehead atoms. The second kappa shape index (κ2) is 9.90. The molecule has 12 heteroatoms. The van der Waals surface area contributed by atoms with Gasteiger partial charge in [-0.2, -0.15) is 13.2 Å². The van der Waals surface area contributed by atoms with E-state index >= 15 is 0 Å². The molecule has 1 amide bonds. The lowest BCUT2D eigenvalue weighted by Crippen LogP contribution is -2.29. The molecule has 0 aliphatic heterocycles. The molecule has 168 valence electrons. The van der Waals surface area contributed by atoms with Crippen LogP contribution in [0.4, 0.5) is 24.5 Å². The molecule has 0 saturated heterocycles.